The summed E-state index contributed by atoms with van der Waals surface area (Å²) in [6, 6.07) is 4.25. The number of Topliss-reactive ketones (excluding diaryl/α,β-unsaturated/α-hetero) is 2. The Kier molecular flexibility index (Phi) is 7.00. The van der Waals surface area contributed by atoms with Crippen molar-refractivity contribution in [2.45, 2.75) is 41.0 Å². The number of nitrogens with one attached hydrogen (secondary N) is 1. The minimum atomic E-state index is -0.828. The maximum atomic E-state index is 12.6. The van der Waals surface area contributed by atoms with E-state index in [0.717, 1.165) is 6.42 Å². The molecule has 1 aromatic heterocycles. The van der Waals surface area contributed by atoms with Gasteiger partial charge in [-0.15, -0.1) is 0 Å². The van der Waals surface area contributed by atoms with Crippen LogP contribution in [0, 0.1) is 35.8 Å². The number of aromatic nitrogens is 1. The molecule has 33 heavy (non-hydrogen) atoms. The molecule has 2 unspecified atom stereocenters. The van der Waals surface area contributed by atoms with Crippen molar-refractivity contribution in [2.24, 2.45) is 11.8 Å². The predicted molar refractivity (Wildman–Crippen MR) is 123 cm³/mol. The minimum absolute atomic E-state index is 0.000157. The molecule has 2 aromatic rings. The van der Waals surface area contributed by atoms with Gasteiger partial charge in [0.2, 0.25) is 5.78 Å². The number of hydrogen-bond acceptors (Lipinski definition) is 7. The number of ketones is 2. The molecule has 0 saturated carbocycles. The number of carbonyl (C=O) groups excluding carboxylic acids is 3. The fourth-order valence-corrected chi connectivity index (χ4v) is 4.77. The molecular formula is C24H29N3O6. The van der Waals surface area contributed by atoms with Crippen molar-refractivity contribution < 1.29 is 24.0 Å². The lowest BCUT2D eigenvalue weighted by atomic mass is 9.91. The molecule has 2 atom stereocenters. The Morgan fingerprint density at radius 1 is 1.18 bits per heavy atom. The highest BCUT2D eigenvalue weighted by Crippen LogP contribution is 2.34. The van der Waals surface area contributed by atoms with Crippen LogP contribution in [0.1, 0.15) is 69.7 Å². The largest absolute Gasteiger partial charge is 0.454 e. The van der Waals surface area contributed by atoms with E-state index in [9.17, 15) is 24.5 Å². The van der Waals surface area contributed by atoms with E-state index >= 15 is 0 Å². The second-order valence-electron chi connectivity index (χ2n) is 8.99. The Balaban J connectivity index is 1.76. The van der Waals surface area contributed by atoms with Gasteiger partial charge in [0, 0.05) is 30.4 Å². The highest BCUT2D eigenvalue weighted by Gasteiger charge is 2.28. The number of nitro benzene ring substituents is 1. The lowest BCUT2D eigenvalue weighted by Crippen LogP contribution is -2.39. The van der Waals surface area contributed by atoms with E-state index in [1.807, 2.05) is 4.90 Å². The molecule has 1 aliphatic rings. The number of aromatic amines is 1. The number of piperidine rings is 1. The normalized spacial score (nSPS) is 18.2. The highest BCUT2D eigenvalue weighted by molar-refractivity contribution is 6.04. The number of carbonyl (C=O) groups is 3. The predicted octanol–water partition coefficient (Wildman–Crippen LogP) is 4.26. The quantitative estimate of drug-likeness (QED) is 0.286. The Bertz CT molecular complexity index is 1110. The van der Waals surface area contributed by atoms with Gasteiger partial charge >= 0.3 is 5.97 Å². The monoisotopic (exact) mass is 455 g/mol. The van der Waals surface area contributed by atoms with Crippen molar-refractivity contribution in [3.63, 3.8) is 0 Å². The fourth-order valence-electron chi connectivity index (χ4n) is 4.77. The highest BCUT2D eigenvalue weighted by atomic mass is 16.6. The maximum Gasteiger partial charge on any atom is 0.338 e. The van der Waals surface area contributed by atoms with Crippen LogP contribution in [0.3, 0.4) is 0 Å². The van der Waals surface area contributed by atoms with Crippen LogP contribution >= 0.6 is 0 Å². The van der Waals surface area contributed by atoms with Crippen LogP contribution in [0.15, 0.2) is 18.2 Å². The number of nitrogens with zero attached hydrogens (tertiary/aromatic N) is 2. The topological polar surface area (TPSA) is 123 Å². The van der Waals surface area contributed by atoms with Crippen LogP contribution < -0.4 is 4.90 Å². The number of benzene rings is 1. The van der Waals surface area contributed by atoms with E-state index in [0.29, 0.717) is 47.4 Å². The first-order valence-corrected chi connectivity index (χ1v) is 10.9. The van der Waals surface area contributed by atoms with Gasteiger partial charge in [0.1, 0.15) is 5.69 Å². The van der Waals surface area contributed by atoms with E-state index in [1.54, 1.807) is 19.9 Å². The molecule has 0 amide bonds. The smallest absolute Gasteiger partial charge is 0.338 e. The maximum absolute atomic E-state index is 12.6. The molecule has 1 aliphatic heterocycles. The summed E-state index contributed by atoms with van der Waals surface area (Å²) >= 11 is 0. The molecule has 0 aliphatic carbocycles. The summed E-state index contributed by atoms with van der Waals surface area (Å²) in [7, 11) is 0. The van der Waals surface area contributed by atoms with Gasteiger partial charge in [0.25, 0.3) is 5.69 Å². The lowest BCUT2D eigenvalue weighted by molar-refractivity contribution is -0.384. The molecule has 0 bridgehead atoms. The van der Waals surface area contributed by atoms with Crippen LogP contribution in [0.4, 0.5) is 11.4 Å². The van der Waals surface area contributed by atoms with Gasteiger partial charge in [0.05, 0.1) is 16.2 Å². The first-order valence-electron chi connectivity index (χ1n) is 10.9. The molecule has 176 valence electrons. The summed E-state index contributed by atoms with van der Waals surface area (Å²) < 4.78 is 5.13. The summed E-state index contributed by atoms with van der Waals surface area (Å²) in [5.74, 6) is -0.660. The van der Waals surface area contributed by atoms with Crippen molar-refractivity contribution >= 4 is 28.9 Å². The summed E-state index contributed by atoms with van der Waals surface area (Å²) in [5.41, 5.74) is 2.03. The van der Waals surface area contributed by atoms with Crippen LogP contribution in [0.5, 0.6) is 0 Å². The standard InChI is InChI=1S/C24H29N3O6/c1-13-8-14(2)11-26(10-13)19-7-6-18(9-20(19)27(31)32)24(30)33-12-21(29)23-15(3)22(17(5)28)16(4)25-23/h6-7,9,13-14,25H,8,10-12H2,1-5H3. The first-order chi connectivity index (χ1) is 15.5. The molecule has 1 N–H and O–H groups in total. The minimum Gasteiger partial charge on any atom is -0.454 e. The van der Waals surface area contributed by atoms with E-state index in [2.05, 4.69) is 18.8 Å². The van der Waals surface area contributed by atoms with Crippen LogP contribution in [-0.2, 0) is 4.74 Å². The number of anilines is 1. The Morgan fingerprint density at radius 2 is 1.82 bits per heavy atom. The first kappa shape index (κ1) is 24.2. The fraction of sp³-hybridized carbons (Fsp3) is 0.458. The number of ether oxygens (including phenoxy) is 1. The van der Waals surface area contributed by atoms with Gasteiger partial charge in [0.15, 0.2) is 12.4 Å². The van der Waals surface area contributed by atoms with Gasteiger partial charge in [-0.3, -0.25) is 19.7 Å². The average molecular weight is 456 g/mol. The second kappa shape index (κ2) is 9.56. The summed E-state index contributed by atoms with van der Waals surface area (Å²) in [6.07, 6.45) is 1.07. The van der Waals surface area contributed by atoms with Crippen LogP contribution in [0.2, 0.25) is 0 Å². The third kappa shape index (κ3) is 5.13. The molecule has 2 heterocycles. The third-order valence-electron chi connectivity index (χ3n) is 6.02. The summed E-state index contributed by atoms with van der Waals surface area (Å²) in [6.45, 7) is 9.86. The third-order valence-corrected chi connectivity index (χ3v) is 6.02. The average Bonchev–Trinajstić information content (AvgIpc) is 3.04. The van der Waals surface area contributed by atoms with Gasteiger partial charge in [-0.25, -0.2) is 4.79 Å². The van der Waals surface area contributed by atoms with Gasteiger partial charge < -0.3 is 14.6 Å². The number of rotatable bonds is 7. The van der Waals surface area contributed by atoms with Crippen molar-refractivity contribution in [3.8, 4) is 0 Å². The number of hydrogen-bond donors (Lipinski definition) is 1. The Labute approximate surface area is 192 Å². The molecule has 0 radical (unpaired) electrons. The Morgan fingerprint density at radius 3 is 2.36 bits per heavy atom. The van der Waals surface area contributed by atoms with Crippen LogP contribution in [0.25, 0.3) is 0 Å². The molecule has 9 heteroatoms. The second-order valence-corrected chi connectivity index (χ2v) is 8.99. The number of nitro groups is 1. The van der Waals surface area contributed by atoms with E-state index in [1.165, 1.54) is 19.1 Å². The summed E-state index contributed by atoms with van der Waals surface area (Å²) in [4.78, 5) is 52.9. The number of H-pyrrole nitrogens is 1. The van der Waals surface area contributed by atoms with Crippen molar-refractivity contribution in [1.29, 1.82) is 0 Å². The van der Waals surface area contributed by atoms with E-state index < -0.39 is 23.3 Å². The molecule has 1 saturated heterocycles. The number of aryl methyl sites for hydroxylation is 1. The number of esters is 1. The summed E-state index contributed by atoms with van der Waals surface area (Å²) in [5, 5.41) is 11.7. The van der Waals surface area contributed by atoms with Crippen LogP contribution in [-0.4, -0.2) is 47.1 Å². The molecule has 9 nitrogen and oxygen atoms in total. The molecular weight excluding hydrogens is 426 g/mol. The zero-order chi connectivity index (χ0) is 24.4. The van der Waals surface area contributed by atoms with Gasteiger partial charge in [-0.2, -0.15) is 0 Å². The zero-order valence-electron chi connectivity index (χ0n) is 19.6. The SMILES string of the molecule is CC(=O)c1c(C)[nH]c(C(=O)COC(=O)c2ccc(N3CC(C)CC(C)C3)c([N+](=O)[O-])c2)c1C. The molecule has 3 rings (SSSR count). The molecule has 1 aromatic carbocycles. The van der Waals surface area contributed by atoms with Crippen molar-refractivity contribution in [1.82, 2.24) is 4.98 Å². The zero-order valence-corrected chi connectivity index (χ0v) is 19.6. The van der Waals surface area contributed by atoms with E-state index in [-0.39, 0.29) is 22.7 Å². The van der Waals surface area contributed by atoms with Gasteiger partial charge in [-0.05, 0) is 56.7 Å². The lowest BCUT2D eigenvalue weighted by Gasteiger charge is -2.36. The van der Waals surface area contributed by atoms with Crippen molar-refractivity contribution in [2.75, 3.05) is 24.6 Å². The Hall–Kier alpha value is -3.49. The molecule has 0 spiro atoms. The van der Waals surface area contributed by atoms with Gasteiger partial charge in [-0.1, -0.05) is 13.8 Å². The van der Waals surface area contributed by atoms with Crippen molar-refractivity contribution in [3.05, 3.63) is 56.4 Å². The molecule has 1 fully saturated rings. The van der Waals surface area contributed by atoms with E-state index in [4.69, 9.17) is 4.74 Å².